The van der Waals surface area contributed by atoms with Crippen molar-refractivity contribution < 1.29 is 23.1 Å². The first-order valence-electron chi connectivity index (χ1n) is 10.9. The van der Waals surface area contributed by atoms with E-state index in [1.807, 2.05) is 30.3 Å². The van der Waals surface area contributed by atoms with Crippen LogP contribution in [-0.2, 0) is 21.4 Å². The van der Waals surface area contributed by atoms with Crippen LogP contribution in [0.4, 0.5) is 0 Å². The number of thiophene rings is 1. The van der Waals surface area contributed by atoms with Crippen molar-refractivity contribution in [1.82, 2.24) is 4.31 Å². The van der Waals surface area contributed by atoms with Crippen molar-refractivity contribution in [2.75, 3.05) is 6.61 Å². The largest absolute Gasteiger partial charge is 0.389 e. The molecular weight excluding hydrogens is 482 g/mol. The number of hydrogen-bond donors (Lipinski definition) is 1. The van der Waals surface area contributed by atoms with Crippen molar-refractivity contribution in [3.05, 3.63) is 113 Å². The number of Topliss-reactive ketones (excluding diaryl/α,β-unsaturated/α-hetero) is 1. The van der Waals surface area contributed by atoms with Gasteiger partial charge in [0.15, 0.2) is 11.6 Å². The van der Waals surface area contributed by atoms with Gasteiger partial charge in [0.1, 0.15) is 12.6 Å². The lowest BCUT2D eigenvalue weighted by Crippen LogP contribution is -2.36. The standard InChI is InChI=1S/C27H21NO5S2/c29-17-22(30)26(19-7-3-1-4-8-19)28-16-24-25(35(28,32)33)15-23(34-24)18-11-13-21(14-12-18)27(31)20-9-5-2-6-10-20/h1-15,26,29H,16-17H2. The lowest BCUT2D eigenvalue weighted by molar-refractivity contribution is -0.125. The highest BCUT2D eigenvalue weighted by Crippen LogP contribution is 2.44. The van der Waals surface area contributed by atoms with Crippen LogP contribution in [0, 0.1) is 0 Å². The van der Waals surface area contributed by atoms with E-state index in [4.69, 9.17) is 0 Å². The molecule has 8 heteroatoms. The molecule has 5 rings (SSSR count). The molecule has 3 aromatic carbocycles. The number of carbonyl (C=O) groups excluding carboxylic acids is 2. The van der Waals surface area contributed by atoms with Gasteiger partial charge in [0.2, 0.25) is 10.0 Å². The van der Waals surface area contributed by atoms with E-state index in [0.717, 1.165) is 14.7 Å². The van der Waals surface area contributed by atoms with E-state index < -0.39 is 28.5 Å². The molecule has 0 fully saturated rings. The molecule has 1 unspecified atom stereocenters. The summed E-state index contributed by atoms with van der Waals surface area (Å²) in [6, 6.07) is 25.3. The Hall–Kier alpha value is -3.43. The highest BCUT2D eigenvalue weighted by Gasteiger charge is 2.44. The number of sulfonamides is 1. The summed E-state index contributed by atoms with van der Waals surface area (Å²) in [5, 5.41) is 9.50. The highest BCUT2D eigenvalue weighted by atomic mass is 32.2. The zero-order valence-corrected chi connectivity index (χ0v) is 20.1. The molecule has 1 aliphatic heterocycles. The smallest absolute Gasteiger partial charge is 0.245 e. The van der Waals surface area contributed by atoms with Crippen LogP contribution in [0.25, 0.3) is 10.4 Å². The van der Waals surface area contributed by atoms with Crippen molar-refractivity contribution in [1.29, 1.82) is 0 Å². The van der Waals surface area contributed by atoms with Crippen molar-refractivity contribution in [3.8, 4) is 10.4 Å². The Morgan fingerprint density at radius 3 is 2.09 bits per heavy atom. The molecule has 0 bridgehead atoms. The van der Waals surface area contributed by atoms with Gasteiger partial charge in [0, 0.05) is 20.9 Å². The van der Waals surface area contributed by atoms with Gasteiger partial charge < -0.3 is 5.11 Å². The van der Waals surface area contributed by atoms with E-state index in [1.165, 1.54) is 11.3 Å². The van der Waals surface area contributed by atoms with Gasteiger partial charge in [0.25, 0.3) is 0 Å². The zero-order valence-electron chi connectivity index (χ0n) is 18.5. The molecule has 0 radical (unpaired) electrons. The van der Waals surface area contributed by atoms with Crippen LogP contribution in [0.5, 0.6) is 0 Å². The van der Waals surface area contributed by atoms with Gasteiger partial charge in [-0.15, -0.1) is 11.3 Å². The number of aliphatic hydroxyl groups is 1. The zero-order chi connectivity index (χ0) is 24.6. The minimum absolute atomic E-state index is 0.0538. The summed E-state index contributed by atoms with van der Waals surface area (Å²) in [4.78, 5) is 26.8. The van der Waals surface area contributed by atoms with Gasteiger partial charge in [-0.3, -0.25) is 9.59 Å². The lowest BCUT2D eigenvalue weighted by Gasteiger charge is -2.25. The number of benzene rings is 3. The maximum Gasteiger partial charge on any atom is 0.245 e. The van der Waals surface area contributed by atoms with Crippen LogP contribution in [0.2, 0.25) is 0 Å². The molecule has 1 aliphatic rings. The van der Waals surface area contributed by atoms with Crippen LogP contribution in [0.15, 0.2) is 95.9 Å². The fourth-order valence-electron chi connectivity index (χ4n) is 4.24. The molecule has 6 nitrogen and oxygen atoms in total. The van der Waals surface area contributed by atoms with E-state index in [0.29, 0.717) is 21.6 Å². The molecule has 35 heavy (non-hydrogen) atoms. The number of ketones is 2. The van der Waals surface area contributed by atoms with E-state index in [-0.39, 0.29) is 17.2 Å². The highest BCUT2D eigenvalue weighted by molar-refractivity contribution is 7.89. The van der Waals surface area contributed by atoms with Gasteiger partial charge >= 0.3 is 0 Å². The Morgan fingerprint density at radius 1 is 0.886 bits per heavy atom. The van der Waals surface area contributed by atoms with Crippen molar-refractivity contribution in [3.63, 3.8) is 0 Å². The van der Waals surface area contributed by atoms with Gasteiger partial charge in [-0.1, -0.05) is 84.9 Å². The minimum atomic E-state index is -3.94. The normalized spacial score (nSPS) is 15.5. The molecule has 2 heterocycles. The molecule has 0 saturated carbocycles. The third-order valence-electron chi connectivity index (χ3n) is 5.99. The Kier molecular flexibility index (Phi) is 6.21. The Bertz CT molecular complexity index is 1490. The van der Waals surface area contributed by atoms with Crippen LogP contribution in [0.1, 0.15) is 32.4 Å². The number of rotatable bonds is 7. The van der Waals surface area contributed by atoms with Gasteiger partial charge in [-0.2, -0.15) is 4.31 Å². The third-order valence-corrected chi connectivity index (χ3v) is 9.16. The summed E-state index contributed by atoms with van der Waals surface area (Å²) in [6.45, 7) is -0.698. The third kappa shape index (κ3) is 4.26. The summed E-state index contributed by atoms with van der Waals surface area (Å²) < 4.78 is 28.0. The number of fused-ring (bicyclic) bond motifs is 1. The fourth-order valence-corrected chi connectivity index (χ4v) is 7.59. The molecule has 1 aromatic heterocycles. The SMILES string of the molecule is O=C(c1ccccc1)c1ccc(-c2cc3c(s2)CN(C(C(=O)CO)c2ccccc2)S3(=O)=O)cc1. The maximum atomic E-state index is 13.4. The quantitative estimate of drug-likeness (QED) is 0.376. The van der Waals surface area contributed by atoms with E-state index in [1.54, 1.807) is 60.7 Å². The summed E-state index contributed by atoms with van der Waals surface area (Å²) >= 11 is 1.34. The van der Waals surface area contributed by atoms with E-state index >= 15 is 0 Å². The molecule has 176 valence electrons. The topological polar surface area (TPSA) is 91.8 Å². The average Bonchev–Trinajstić information content (AvgIpc) is 3.43. The summed E-state index contributed by atoms with van der Waals surface area (Å²) in [6.07, 6.45) is 0. The first kappa shape index (κ1) is 23.3. The number of aliphatic hydroxyl groups excluding tert-OH is 1. The molecule has 0 saturated heterocycles. The Labute approximate surface area is 207 Å². The second-order valence-corrected chi connectivity index (χ2v) is 11.2. The predicted octanol–water partition coefficient (Wildman–Crippen LogP) is 4.45. The minimum Gasteiger partial charge on any atom is -0.389 e. The van der Waals surface area contributed by atoms with Crippen LogP contribution in [-0.4, -0.2) is 36.0 Å². The average molecular weight is 504 g/mol. The molecular formula is C27H21NO5S2. The first-order valence-corrected chi connectivity index (χ1v) is 13.2. The molecule has 4 aromatic rings. The number of nitrogens with zero attached hydrogens (tertiary/aromatic N) is 1. The molecule has 1 N–H and O–H groups in total. The van der Waals surface area contributed by atoms with Crippen molar-refractivity contribution in [2.45, 2.75) is 17.5 Å². The van der Waals surface area contributed by atoms with Crippen LogP contribution in [0.3, 0.4) is 0 Å². The Morgan fingerprint density at radius 2 is 1.49 bits per heavy atom. The second kappa shape index (κ2) is 9.31. The van der Waals surface area contributed by atoms with E-state index in [9.17, 15) is 23.1 Å². The number of hydrogen-bond acceptors (Lipinski definition) is 6. The Balaban J connectivity index is 1.43. The van der Waals surface area contributed by atoms with E-state index in [2.05, 4.69) is 0 Å². The fraction of sp³-hybridized carbons (Fsp3) is 0.111. The summed E-state index contributed by atoms with van der Waals surface area (Å²) in [5.74, 6) is -0.654. The summed E-state index contributed by atoms with van der Waals surface area (Å²) in [5.41, 5.74) is 2.48. The molecule has 0 spiro atoms. The predicted molar refractivity (Wildman–Crippen MR) is 134 cm³/mol. The van der Waals surface area contributed by atoms with Crippen LogP contribution < -0.4 is 0 Å². The van der Waals surface area contributed by atoms with Crippen LogP contribution >= 0.6 is 11.3 Å². The monoisotopic (exact) mass is 503 g/mol. The van der Waals surface area contributed by atoms with Crippen molar-refractivity contribution in [2.24, 2.45) is 0 Å². The first-order chi connectivity index (χ1) is 16.9. The number of carbonyl (C=O) groups is 2. The summed E-state index contributed by atoms with van der Waals surface area (Å²) in [7, 11) is -3.94. The second-order valence-electron chi connectivity index (χ2n) is 8.16. The molecule has 0 aliphatic carbocycles. The van der Waals surface area contributed by atoms with Crippen molar-refractivity contribution >= 4 is 32.9 Å². The molecule has 0 amide bonds. The molecule has 1 atom stereocenters. The lowest BCUT2D eigenvalue weighted by atomic mass is 10.0. The van der Waals surface area contributed by atoms with Gasteiger partial charge in [-0.05, 0) is 17.2 Å². The van der Waals surface area contributed by atoms with Gasteiger partial charge in [0.05, 0.1) is 11.4 Å². The van der Waals surface area contributed by atoms with Gasteiger partial charge in [-0.25, -0.2) is 8.42 Å². The maximum absolute atomic E-state index is 13.4.